The number of carbonyl (C=O) groups excluding carboxylic acids is 1. The monoisotopic (exact) mass is 424 g/mol. The van der Waals surface area contributed by atoms with Crippen LogP contribution in [0.2, 0.25) is 0 Å². The van der Waals surface area contributed by atoms with Gasteiger partial charge in [-0.05, 0) is 30.3 Å². The van der Waals surface area contributed by atoms with Gasteiger partial charge in [0.25, 0.3) is 15.9 Å². The number of anilines is 1. The molecule has 0 saturated carbocycles. The number of methoxy groups -OCH3 is 1. The molecule has 0 aliphatic rings. The van der Waals surface area contributed by atoms with Crippen LogP contribution >= 0.6 is 0 Å². The van der Waals surface area contributed by atoms with Crippen LogP contribution in [0.1, 0.15) is 5.56 Å². The quantitative estimate of drug-likeness (QED) is 0.442. The predicted molar refractivity (Wildman–Crippen MR) is 114 cm³/mol. The largest absolute Gasteiger partial charge is 0.495 e. The molecule has 1 heterocycles. The Morgan fingerprint density at radius 1 is 1.10 bits per heavy atom. The number of benzene rings is 2. The first kappa shape index (κ1) is 21.0. The molecule has 30 heavy (non-hydrogen) atoms. The van der Waals surface area contributed by atoms with Gasteiger partial charge in [-0.25, -0.2) is 13.8 Å². The van der Waals surface area contributed by atoms with Crippen molar-refractivity contribution in [3.8, 4) is 5.75 Å². The molecule has 0 aliphatic heterocycles. The number of rotatable bonds is 8. The van der Waals surface area contributed by atoms with Crippen molar-refractivity contribution >= 4 is 27.8 Å². The van der Waals surface area contributed by atoms with Gasteiger partial charge in [-0.15, -0.1) is 0 Å². The summed E-state index contributed by atoms with van der Waals surface area (Å²) in [7, 11) is -2.59. The molecule has 0 saturated heterocycles. The molecule has 0 bridgehead atoms. The third-order valence-electron chi connectivity index (χ3n) is 4.06. The second-order valence-electron chi connectivity index (χ2n) is 6.08. The highest BCUT2D eigenvalue weighted by atomic mass is 32.2. The number of nitrogens with one attached hydrogen (secondary N) is 1. The Morgan fingerprint density at radius 2 is 1.83 bits per heavy atom. The van der Waals surface area contributed by atoms with Gasteiger partial charge in [0.05, 0.1) is 23.9 Å². The number of amides is 1. The Bertz CT molecular complexity index is 1120. The summed E-state index contributed by atoms with van der Waals surface area (Å²) in [6.07, 6.45) is 4.62. The van der Waals surface area contributed by atoms with Crippen LogP contribution in [0.4, 0.5) is 5.69 Å². The number of aromatic nitrogens is 1. The van der Waals surface area contributed by atoms with Crippen LogP contribution in [0.5, 0.6) is 5.75 Å². The van der Waals surface area contributed by atoms with Crippen molar-refractivity contribution < 1.29 is 17.9 Å². The van der Waals surface area contributed by atoms with E-state index in [0.717, 1.165) is 4.31 Å². The average Bonchev–Trinajstić information content (AvgIpc) is 2.78. The summed E-state index contributed by atoms with van der Waals surface area (Å²) in [5.41, 5.74) is 3.28. The topological polar surface area (TPSA) is 101 Å². The molecule has 0 aliphatic carbocycles. The highest BCUT2D eigenvalue weighted by Crippen LogP contribution is 2.31. The second kappa shape index (κ2) is 9.66. The van der Waals surface area contributed by atoms with Crippen LogP contribution in [0, 0.1) is 0 Å². The number of hydrogen-bond acceptors (Lipinski definition) is 6. The van der Waals surface area contributed by atoms with Crippen LogP contribution < -0.4 is 14.5 Å². The summed E-state index contributed by atoms with van der Waals surface area (Å²) in [4.78, 5) is 16.5. The Balaban J connectivity index is 1.88. The molecule has 1 N–H and O–H groups in total. The first-order valence-corrected chi connectivity index (χ1v) is 10.4. The van der Waals surface area contributed by atoms with E-state index in [4.69, 9.17) is 4.74 Å². The van der Waals surface area contributed by atoms with Gasteiger partial charge in [0.1, 0.15) is 12.3 Å². The van der Waals surface area contributed by atoms with Crippen LogP contribution in [0.3, 0.4) is 0 Å². The second-order valence-corrected chi connectivity index (χ2v) is 7.94. The van der Waals surface area contributed by atoms with E-state index in [9.17, 15) is 13.2 Å². The van der Waals surface area contributed by atoms with Gasteiger partial charge in [-0.1, -0.05) is 36.4 Å². The molecule has 0 fully saturated rings. The first-order chi connectivity index (χ1) is 14.5. The zero-order valence-corrected chi connectivity index (χ0v) is 17.0. The Kier molecular flexibility index (Phi) is 6.76. The maximum absolute atomic E-state index is 13.3. The average molecular weight is 424 g/mol. The smallest absolute Gasteiger partial charge is 0.264 e. The van der Waals surface area contributed by atoms with Gasteiger partial charge in [-0.2, -0.15) is 5.10 Å². The van der Waals surface area contributed by atoms with E-state index < -0.39 is 22.5 Å². The molecule has 0 unspecified atom stereocenters. The fourth-order valence-electron chi connectivity index (χ4n) is 2.65. The minimum Gasteiger partial charge on any atom is -0.495 e. The molecule has 3 aromatic rings. The zero-order valence-electron chi connectivity index (χ0n) is 16.2. The molecule has 0 atom stereocenters. The van der Waals surface area contributed by atoms with Crippen LogP contribution in [-0.2, 0) is 14.8 Å². The lowest BCUT2D eigenvalue weighted by molar-refractivity contribution is -0.119. The maximum Gasteiger partial charge on any atom is 0.264 e. The summed E-state index contributed by atoms with van der Waals surface area (Å²) in [6.45, 7) is -0.484. The van der Waals surface area contributed by atoms with E-state index in [0.29, 0.717) is 11.3 Å². The SMILES string of the molecule is COc1ccccc1N(CC(=O)N/N=C\c1cccnc1)S(=O)(=O)c1ccccc1. The number of carbonyl (C=O) groups is 1. The van der Waals surface area contributed by atoms with E-state index in [1.54, 1.807) is 67.0 Å². The van der Waals surface area contributed by atoms with Gasteiger partial charge in [0, 0.05) is 18.0 Å². The van der Waals surface area contributed by atoms with Crippen LogP contribution in [0.15, 0.2) is 89.1 Å². The summed E-state index contributed by atoms with van der Waals surface area (Å²) < 4.78 is 32.9. The van der Waals surface area contributed by atoms with Gasteiger partial charge in [-0.3, -0.25) is 14.1 Å². The molecule has 1 aromatic heterocycles. The Labute approximate surface area is 174 Å². The number of hydrazone groups is 1. The molecule has 9 heteroatoms. The molecule has 1 amide bonds. The molecule has 154 valence electrons. The van der Waals surface area contributed by atoms with Gasteiger partial charge in [0.2, 0.25) is 0 Å². The molecule has 2 aromatic carbocycles. The van der Waals surface area contributed by atoms with Crippen molar-refractivity contribution in [2.24, 2.45) is 5.10 Å². The van der Waals surface area contributed by atoms with Crippen molar-refractivity contribution in [2.45, 2.75) is 4.90 Å². The third-order valence-corrected chi connectivity index (χ3v) is 5.83. The molecule has 8 nitrogen and oxygen atoms in total. The number of ether oxygens (including phenoxy) is 1. The molecule has 0 spiro atoms. The zero-order chi connectivity index (χ0) is 21.4. The minimum atomic E-state index is -4.03. The Hall–Kier alpha value is -3.72. The standard InChI is InChI=1S/C21H20N4O4S/c1-29-20-12-6-5-11-19(20)25(30(27,28)18-9-3-2-4-10-18)16-21(26)24-23-15-17-8-7-13-22-14-17/h2-15H,16H2,1H3,(H,24,26)/b23-15-. The van der Waals surface area contributed by atoms with Crippen molar-refractivity contribution in [2.75, 3.05) is 18.0 Å². The summed E-state index contributed by atoms with van der Waals surface area (Å²) >= 11 is 0. The van der Waals surface area contributed by atoms with Crippen molar-refractivity contribution in [1.82, 2.24) is 10.4 Å². The van der Waals surface area contributed by atoms with E-state index in [1.165, 1.54) is 25.5 Å². The number of hydrogen-bond donors (Lipinski definition) is 1. The third kappa shape index (κ3) is 5.00. The van der Waals surface area contributed by atoms with Gasteiger partial charge in [0.15, 0.2) is 0 Å². The van der Waals surface area contributed by atoms with Crippen molar-refractivity contribution in [1.29, 1.82) is 0 Å². The normalized spacial score (nSPS) is 11.2. The lowest BCUT2D eigenvalue weighted by atomic mass is 10.3. The lowest BCUT2D eigenvalue weighted by Gasteiger charge is -2.25. The maximum atomic E-state index is 13.3. The van der Waals surface area contributed by atoms with E-state index >= 15 is 0 Å². The highest BCUT2D eigenvalue weighted by molar-refractivity contribution is 7.92. The lowest BCUT2D eigenvalue weighted by Crippen LogP contribution is -2.39. The number of pyridine rings is 1. The number of para-hydroxylation sites is 2. The number of sulfonamides is 1. The van der Waals surface area contributed by atoms with E-state index in [2.05, 4.69) is 15.5 Å². The predicted octanol–water partition coefficient (Wildman–Crippen LogP) is 2.44. The van der Waals surface area contributed by atoms with Crippen molar-refractivity contribution in [3.63, 3.8) is 0 Å². The van der Waals surface area contributed by atoms with E-state index in [1.807, 2.05) is 0 Å². The van der Waals surface area contributed by atoms with Crippen LogP contribution in [0.25, 0.3) is 0 Å². The fraction of sp³-hybridized carbons (Fsp3) is 0.0952. The van der Waals surface area contributed by atoms with Gasteiger partial charge >= 0.3 is 0 Å². The number of nitrogens with zero attached hydrogens (tertiary/aromatic N) is 3. The highest BCUT2D eigenvalue weighted by Gasteiger charge is 2.29. The summed E-state index contributed by atoms with van der Waals surface area (Å²) in [5, 5.41) is 3.87. The molecular formula is C21H20N4O4S. The fourth-order valence-corrected chi connectivity index (χ4v) is 4.10. The molecule has 0 radical (unpaired) electrons. The first-order valence-electron chi connectivity index (χ1n) is 8.95. The van der Waals surface area contributed by atoms with Gasteiger partial charge < -0.3 is 4.74 Å². The van der Waals surface area contributed by atoms with E-state index in [-0.39, 0.29) is 10.6 Å². The van der Waals surface area contributed by atoms with Crippen LogP contribution in [-0.4, -0.2) is 39.2 Å². The molecular weight excluding hydrogens is 404 g/mol. The minimum absolute atomic E-state index is 0.0579. The Morgan fingerprint density at radius 3 is 2.53 bits per heavy atom. The summed E-state index contributed by atoms with van der Waals surface area (Å²) in [5.74, 6) is -0.288. The summed E-state index contributed by atoms with van der Waals surface area (Å²) in [6, 6.07) is 18.0. The van der Waals surface area contributed by atoms with Crippen molar-refractivity contribution in [3.05, 3.63) is 84.7 Å². The molecule has 3 rings (SSSR count).